The average molecular weight is 607 g/mol. The normalized spacial score (nSPS) is 20.8. The topological polar surface area (TPSA) is 129 Å². The summed E-state index contributed by atoms with van der Waals surface area (Å²) < 4.78 is 52.6. The molecule has 2 N–H and O–H groups in total. The highest BCUT2D eigenvalue weighted by molar-refractivity contribution is 7.89. The predicted molar refractivity (Wildman–Crippen MR) is 154 cm³/mol. The van der Waals surface area contributed by atoms with Crippen molar-refractivity contribution in [2.75, 3.05) is 64.9 Å². The van der Waals surface area contributed by atoms with Gasteiger partial charge in [0.25, 0.3) is 5.91 Å². The molecule has 1 saturated heterocycles. The van der Waals surface area contributed by atoms with Crippen molar-refractivity contribution in [1.82, 2.24) is 14.1 Å². The van der Waals surface area contributed by atoms with Gasteiger partial charge in [-0.25, -0.2) is 12.8 Å². The van der Waals surface area contributed by atoms with Crippen LogP contribution in [0.5, 0.6) is 5.75 Å². The highest BCUT2D eigenvalue weighted by Crippen LogP contribution is 2.31. The molecular weight excluding hydrogens is 567 g/mol. The SMILES string of the molecule is C[C@H]1CN([C@@H](C)CO)C(=O)c2cc(NC(=O)CCN3CCOCC3)ccc2O[C@H]1CN(C)S(=O)(=O)c1ccc(F)cc1. The molecule has 2 aromatic carbocycles. The van der Waals surface area contributed by atoms with E-state index in [0.29, 0.717) is 25.4 Å². The van der Waals surface area contributed by atoms with Crippen molar-refractivity contribution >= 4 is 27.5 Å². The third-order valence-electron chi connectivity index (χ3n) is 7.67. The number of carbonyl (C=O) groups excluding carboxylic acids is 2. The number of morpholine rings is 1. The zero-order chi connectivity index (χ0) is 30.4. The summed E-state index contributed by atoms with van der Waals surface area (Å²) >= 11 is 0. The summed E-state index contributed by atoms with van der Waals surface area (Å²) in [6.45, 7) is 6.89. The molecule has 0 radical (unpaired) electrons. The molecule has 2 aliphatic heterocycles. The standard InChI is InChI=1S/C29H39FN4O7S/c1-20-17-34(21(2)19-35)29(37)25-16-23(31-28(36)10-11-33-12-14-40-15-13-33)6-9-26(25)41-27(20)18-32(3)42(38,39)24-7-4-22(30)5-8-24/h4-9,16,20-21,27,35H,10-15,17-19H2,1-3H3,(H,31,36)/t20-,21-,27-/m0/s1. The number of benzene rings is 2. The Labute approximate surface area is 246 Å². The van der Waals surface area contributed by atoms with E-state index in [1.807, 2.05) is 6.92 Å². The molecule has 1 fully saturated rings. The first-order chi connectivity index (χ1) is 20.0. The van der Waals surface area contributed by atoms with Gasteiger partial charge in [-0.15, -0.1) is 0 Å². The molecule has 42 heavy (non-hydrogen) atoms. The lowest BCUT2D eigenvalue weighted by atomic mass is 9.99. The van der Waals surface area contributed by atoms with E-state index in [2.05, 4.69) is 10.2 Å². The number of sulfonamides is 1. The molecule has 4 rings (SSSR count). The molecule has 0 aromatic heterocycles. The lowest BCUT2D eigenvalue weighted by Crippen LogP contribution is -2.50. The maximum atomic E-state index is 13.7. The van der Waals surface area contributed by atoms with Crippen molar-refractivity contribution in [2.24, 2.45) is 5.92 Å². The van der Waals surface area contributed by atoms with Gasteiger partial charge in [-0.05, 0) is 49.4 Å². The molecular formula is C29H39FN4O7S. The highest BCUT2D eigenvalue weighted by Gasteiger charge is 2.35. The fourth-order valence-electron chi connectivity index (χ4n) is 4.96. The second kappa shape index (κ2) is 13.9. The number of hydrogen-bond donors (Lipinski definition) is 2. The van der Waals surface area contributed by atoms with E-state index in [1.54, 1.807) is 25.1 Å². The predicted octanol–water partition coefficient (Wildman–Crippen LogP) is 2.03. The Hall–Kier alpha value is -3.10. The summed E-state index contributed by atoms with van der Waals surface area (Å²) in [7, 11) is -2.53. The summed E-state index contributed by atoms with van der Waals surface area (Å²) in [5.41, 5.74) is 0.623. The van der Waals surface area contributed by atoms with Gasteiger partial charge in [0.2, 0.25) is 15.9 Å². The van der Waals surface area contributed by atoms with Crippen molar-refractivity contribution in [3.63, 3.8) is 0 Å². The van der Waals surface area contributed by atoms with E-state index in [4.69, 9.17) is 9.47 Å². The summed E-state index contributed by atoms with van der Waals surface area (Å²) in [5.74, 6) is -1.18. The molecule has 2 amide bonds. The number of aliphatic hydroxyl groups excluding tert-OH is 1. The quantitative estimate of drug-likeness (QED) is 0.421. The van der Waals surface area contributed by atoms with Gasteiger partial charge in [0.05, 0.1) is 42.9 Å². The molecule has 230 valence electrons. The van der Waals surface area contributed by atoms with Crippen LogP contribution >= 0.6 is 0 Å². The van der Waals surface area contributed by atoms with Gasteiger partial charge in [-0.2, -0.15) is 4.31 Å². The van der Waals surface area contributed by atoms with Crippen LogP contribution in [0.25, 0.3) is 0 Å². The number of rotatable bonds is 10. The maximum Gasteiger partial charge on any atom is 0.258 e. The number of nitrogens with zero attached hydrogens (tertiary/aromatic N) is 3. The van der Waals surface area contributed by atoms with E-state index in [0.717, 1.165) is 29.5 Å². The largest absolute Gasteiger partial charge is 0.488 e. The second-order valence-electron chi connectivity index (χ2n) is 10.8. The lowest BCUT2D eigenvalue weighted by Gasteiger charge is -2.38. The van der Waals surface area contributed by atoms with E-state index in [-0.39, 0.29) is 60.1 Å². The molecule has 0 spiro atoms. The number of halogens is 1. The minimum atomic E-state index is -3.95. The van der Waals surface area contributed by atoms with Crippen LogP contribution in [0.1, 0.15) is 30.6 Å². The van der Waals surface area contributed by atoms with Crippen molar-refractivity contribution in [2.45, 2.75) is 37.3 Å². The molecule has 2 aromatic rings. The van der Waals surface area contributed by atoms with Crippen LogP contribution in [0.4, 0.5) is 10.1 Å². The summed E-state index contributed by atoms with van der Waals surface area (Å²) in [4.78, 5) is 30.0. The number of likely N-dealkylation sites (N-methyl/N-ethyl adjacent to an activating group) is 1. The lowest BCUT2D eigenvalue weighted by molar-refractivity contribution is -0.116. The Morgan fingerprint density at radius 3 is 2.55 bits per heavy atom. The van der Waals surface area contributed by atoms with Crippen LogP contribution in [0.15, 0.2) is 47.4 Å². The van der Waals surface area contributed by atoms with Gasteiger partial charge in [0.15, 0.2) is 0 Å². The van der Waals surface area contributed by atoms with Crippen molar-refractivity contribution in [3.05, 3.63) is 53.8 Å². The molecule has 0 bridgehead atoms. The molecule has 11 nitrogen and oxygen atoms in total. The molecule has 2 heterocycles. The Bertz CT molecular complexity index is 1350. The fraction of sp³-hybridized carbons (Fsp3) is 0.517. The van der Waals surface area contributed by atoms with Gasteiger partial charge in [0.1, 0.15) is 17.7 Å². The molecule has 13 heteroatoms. The number of ether oxygens (including phenoxy) is 2. The smallest absolute Gasteiger partial charge is 0.258 e. The summed E-state index contributed by atoms with van der Waals surface area (Å²) in [5, 5.41) is 12.8. The Kier molecular flexibility index (Phi) is 10.5. The van der Waals surface area contributed by atoms with Crippen LogP contribution in [-0.2, 0) is 19.6 Å². The van der Waals surface area contributed by atoms with E-state index < -0.39 is 28.0 Å². The third kappa shape index (κ3) is 7.64. The van der Waals surface area contributed by atoms with E-state index in [9.17, 15) is 27.5 Å². The van der Waals surface area contributed by atoms with Crippen LogP contribution in [0.3, 0.4) is 0 Å². The van der Waals surface area contributed by atoms with Crippen LogP contribution in [0.2, 0.25) is 0 Å². The molecule has 2 aliphatic rings. The van der Waals surface area contributed by atoms with E-state index >= 15 is 0 Å². The molecule has 0 saturated carbocycles. The van der Waals surface area contributed by atoms with E-state index in [1.165, 1.54) is 24.1 Å². The number of hydrogen-bond acceptors (Lipinski definition) is 8. The third-order valence-corrected chi connectivity index (χ3v) is 9.50. The van der Waals surface area contributed by atoms with Gasteiger partial charge in [-0.1, -0.05) is 6.92 Å². The fourth-order valence-corrected chi connectivity index (χ4v) is 6.15. The zero-order valence-electron chi connectivity index (χ0n) is 24.2. The average Bonchev–Trinajstić information content (AvgIpc) is 2.98. The molecule has 0 aliphatic carbocycles. The number of aliphatic hydroxyl groups is 1. The zero-order valence-corrected chi connectivity index (χ0v) is 25.0. The highest BCUT2D eigenvalue weighted by atomic mass is 32.2. The van der Waals surface area contributed by atoms with Gasteiger partial charge >= 0.3 is 0 Å². The number of carbonyl (C=O) groups is 2. The van der Waals surface area contributed by atoms with Gasteiger partial charge < -0.3 is 24.8 Å². The summed E-state index contributed by atoms with van der Waals surface area (Å²) in [6, 6.07) is 8.85. The molecule has 0 unspecified atom stereocenters. The second-order valence-corrected chi connectivity index (χ2v) is 12.9. The van der Waals surface area contributed by atoms with Crippen LogP contribution in [-0.4, -0.2) is 111 Å². The van der Waals surface area contributed by atoms with Crippen molar-refractivity contribution in [1.29, 1.82) is 0 Å². The van der Waals surface area contributed by atoms with Crippen molar-refractivity contribution in [3.8, 4) is 5.75 Å². The number of amides is 2. The molecule has 3 atom stereocenters. The van der Waals surface area contributed by atoms with Gasteiger partial charge in [0, 0.05) is 51.3 Å². The first kappa shape index (κ1) is 31.8. The van der Waals surface area contributed by atoms with Crippen LogP contribution < -0.4 is 10.1 Å². The Balaban J connectivity index is 1.55. The number of nitrogens with one attached hydrogen (secondary N) is 1. The number of fused-ring (bicyclic) bond motifs is 1. The Morgan fingerprint density at radius 1 is 1.19 bits per heavy atom. The number of anilines is 1. The van der Waals surface area contributed by atoms with Crippen molar-refractivity contribution < 1.29 is 37.0 Å². The summed E-state index contributed by atoms with van der Waals surface area (Å²) in [6.07, 6.45) is -0.386. The first-order valence-electron chi connectivity index (χ1n) is 14.0. The monoisotopic (exact) mass is 606 g/mol. The minimum absolute atomic E-state index is 0.0458. The Morgan fingerprint density at radius 2 is 1.88 bits per heavy atom. The minimum Gasteiger partial charge on any atom is -0.488 e. The first-order valence-corrected chi connectivity index (χ1v) is 15.5. The maximum absolute atomic E-state index is 13.7. The van der Waals surface area contributed by atoms with Gasteiger partial charge in [-0.3, -0.25) is 14.5 Å². The van der Waals surface area contributed by atoms with Crippen LogP contribution in [0, 0.1) is 11.7 Å².